The van der Waals surface area contributed by atoms with Crippen LogP contribution in [-0.4, -0.2) is 9.38 Å². The summed E-state index contributed by atoms with van der Waals surface area (Å²) in [7, 11) is 0. The van der Waals surface area contributed by atoms with Crippen LogP contribution in [0.4, 0.5) is 0 Å². The third kappa shape index (κ3) is 1.44. The largest absolute Gasteiger partial charge is 0.304 e. The van der Waals surface area contributed by atoms with Crippen molar-refractivity contribution in [2.75, 3.05) is 0 Å². The van der Waals surface area contributed by atoms with Gasteiger partial charge in [0.25, 0.3) is 0 Å². The summed E-state index contributed by atoms with van der Waals surface area (Å²) < 4.78 is 2.27. The molecule has 2 nitrogen and oxygen atoms in total. The molecule has 15 heavy (non-hydrogen) atoms. The molecule has 2 aromatic rings. The Morgan fingerprint density at radius 1 is 1.33 bits per heavy atom. The van der Waals surface area contributed by atoms with Crippen molar-refractivity contribution in [1.82, 2.24) is 9.38 Å². The molecule has 0 bridgehead atoms. The summed E-state index contributed by atoms with van der Waals surface area (Å²) >= 11 is 0. The van der Waals surface area contributed by atoms with Crippen molar-refractivity contribution >= 4 is 5.65 Å². The van der Waals surface area contributed by atoms with Gasteiger partial charge in [0.2, 0.25) is 0 Å². The molecule has 1 saturated carbocycles. The number of hydrogen-bond donors (Lipinski definition) is 0. The van der Waals surface area contributed by atoms with Crippen molar-refractivity contribution in [3.63, 3.8) is 0 Å². The molecule has 0 spiro atoms. The minimum absolute atomic E-state index is 0.587. The first kappa shape index (κ1) is 8.96. The molecule has 78 valence electrons. The molecular weight excluding hydrogens is 184 g/mol. The van der Waals surface area contributed by atoms with Crippen LogP contribution in [0.5, 0.6) is 0 Å². The molecule has 3 rings (SSSR count). The van der Waals surface area contributed by atoms with Crippen LogP contribution < -0.4 is 0 Å². The van der Waals surface area contributed by atoms with E-state index in [4.69, 9.17) is 0 Å². The number of imidazole rings is 1. The molecule has 0 saturated heterocycles. The molecule has 0 atom stereocenters. The first-order valence-corrected chi connectivity index (χ1v) is 5.72. The van der Waals surface area contributed by atoms with Gasteiger partial charge in [0.1, 0.15) is 5.65 Å². The van der Waals surface area contributed by atoms with Gasteiger partial charge in [0.05, 0.1) is 0 Å². The number of aromatic nitrogens is 2. The summed E-state index contributed by atoms with van der Waals surface area (Å²) in [5.41, 5.74) is 3.87. The van der Waals surface area contributed by atoms with Crippen LogP contribution >= 0.6 is 0 Å². The minimum Gasteiger partial charge on any atom is -0.304 e. The van der Waals surface area contributed by atoms with Crippen LogP contribution in [0.1, 0.15) is 49.8 Å². The van der Waals surface area contributed by atoms with E-state index in [2.05, 4.69) is 41.6 Å². The Balaban J connectivity index is 2.17. The number of nitrogens with zero attached hydrogens (tertiary/aromatic N) is 2. The Morgan fingerprint density at radius 3 is 2.80 bits per heavy atom. The predicted octanol–water partition coefficient (Wildman–Crippen LogP) is 3.34. The molecule has 1 aliphatic carbocycles. The zero-order valence-electron chi connectivity index (χ0n) is 9.27. The highest BCUT2D eigenvalue weighted by Crippen LogP contribution is 2.40. The van der Waals surface area contributed by atoms with Crippen molar-refractivity contribution in [2.45, 2.75) is 38.5 Å². The van der Waals surface area contributed by atoms with Crippen molar-refractivity contribution in [1.29, 1.82) is 0 Å². The first-order chi connectivity index (χ1) is 7.25. The predicted molar refractivity (Wildman–Crippen MR) is 61.3 cm³/mol. The standard InChI is InChI=1S/C13H16N2/c1-9(2)11-5-6-13-14-7-12(10-3-4-10)15(13)8-11/h5-10H,3-4H2,1-2H3. The summed E-state index contributed by atoms with van der Waals surface area (Å²) in [6, 6.07) is 4.31. The topological polar surface area (TPSA) is 17.3 Å². The quantitative estimate of drug-likeness (QED) is 0.726. The van der Waals surface area contributed by atoms with Gasteiger partial charge in [0, 0.05) is 24.0 Å². The highest BCUT2D eigenvalue weighted by Gasteiger charge is 2.26. The zero-order chi connectivity index (χ0) is 10.4. The van der Waals surface area contributed by atoms with Crippen LogP contribution in [0, 0.1) is 0 Å². The molecule has 0 aliphatic heterocycles. The molecule has 2 heteroatoms. The van der Waals surface area contributed by atoms with Gasteiger partial charge >= 0.3 is 0 Å². The summed E-state index contributed by atoms with van der Waals surface area (Å²) in [5.74, 6) is 1.35. The van der Waals surface area contributed by atoms with Crippen LogP contribution in [0.15, 0.2) is 24.5 Å². The van der Waals surface area contributed by atoms with E-state index in [1.807, 2.05) is 6.20 Å². The van der Waals surface area contributed by atoms with Gasteiger partial charge < -0.3 is 4.40 Å². The van der Waals surface area contributed by atoms with Crippen LogP contribution in [0.3, 0.4) is 0 Å². The molecule has 1 aliphatic rings. The first-order valence-electron chi connectivity index (χ1n) is 5.72. The van der Waals surface area contributed by atoms with Gasteiger partial charge in [-0.2, -0.15) is 0 Å². The summed E-state index contributed by atoms with van der Waals surface area (Å²) in [5, 5.41) is 0. The molecule has 0 radical (unpaired) electrons. The van der Waals surface area contributed by atoms with Gasteiger partial charge in [-0.15, -0.1) is 0 Å². The second-order valence-corrected chi connectivity index (χ2v) is 4.80. The maximum atomic E-state index is 4.44. The summed E-state index contributed by atoms with van der Waals surface area (Å²) in [6.07, 6.45) is 6.96. The molecule has 2 heterocycles. The number of hydrogen-bond acceptors (Lipinski definition) is 1. The molecule has 2 aromatic heterocycles. The van der Waals surface area contributed by atoms with E-state index in [1.54, 1.807) is 0 Å². The molecule has 1 fully saturated rings. The summed E-state index contributed by atoms with van der Waals surface area (Å²) in [6.45, 7) is 4.46. The van der Waals surface area contributed by atoms with Gasteiger partial charge in [-0.1, -0.05) is 19.9 Å². The Labute approximate surface area is 90.0 Å². The monoisotopic (exact) mass is 200 g/mol. The lowest BCUT2D eigenvalue weighted by Crippen LogP contribution is -1.95. The average molecular weight is 200 g/mol. The minimum atomic E-state index is 0.587. The van der Waals surface area contributed by atoms with Crippen molar-refractivity contribution in [3.05, 3.63) is 35.8 Å². The molecule has 0 amide bonds. The maximum Gasteiger partial charge on any atom is 0.136 e. The number of pyridine rings is 1. The van der Waals surface area contributed by atoms with E-state index in [9.17, 15) is 0 Å². The normalized spacial score (nSPS) is 16.5. The average Bonchev–Trinajstić information content (AvgIpc) is 2.98. The Morgan fingerprint density at radius 2 is 2.13 bits per heavy atom. The fourth-order valence-electron chi connectivity index (χ4n) is 2.04. The Hall–Kier alpha value is -1.31. The smallest absolute Gasteiger partial charge is 0.136 e. The number of rotatable bonds is 2. The molecule has 0 N–H and O–H groups in total. The van der Waals surface area contributed by atoms with E-state index in [0.717, 1.165) is 11.6 Å². The van der Waals surface area contributed by atoms with Crippen LogP contribution in [0.25, 0.3) is 5.65 Å². The van der Waals surface area contributed by atoms with Crippen molar-refractivity contribution in [3.8, 4) is 0 Å². The second-order valence-electron chi connectivity index (χ2n) is 4.80. The lowest BCUT2D eigenvalue weighted by Gasteiger charge is -2.07. The fraction of sp³-hybridized carbons (Fsp3) is 0.462. The summed E-state index contributed by atoms with van der Waals surface area (Å²) in [4.78, 5) is 4.44. The lowest BCUT2D eigenvalue weighted by atomic mass is 10.1. The fourth-order valence-corrected chi connectivity index (χ4v) is 2.04. The van der Waals surface area contributed by atoms with E-state index >= 15 is 0 Å². The molecule has 0 unspecified atom stereocenters. The van der Waals surface area contributed by atoms with Gasteiger partial charge in [-0.3, -0.25) is 0 Å². The number of fused-ring (bicyclic) bond motifs is 1. The molecule has 0 aromatic carbocycles. The van der Waals surface area contributed by atoms with E-state index in [0.29, 0.717) is 5.92 Å². The highest BCUT2D eigenvalue weighted by atomic mass is 15.0. The maximum absolute atomic E-state index is 4.44. The van der Waals surface area contributed by atoms with E-state index in [1.165, 1.54) is 24.1 Å². The SMILES string of the molecule is CC(C)c1ccc2ncc(C3CC3)n2c1. The Kier molecular flexibility index (Phi) is 1.84. The second kappa shape index (κ2) is 3.09. The van der Waals surface area contributed by atoms with E-state index < -0.39 is 0 Å². The zero-order valence-corrected chi connectivity index (χ0v) is 9.27. The van der Waals surface area contributed by atoms with E-state index in [-0.39, 0.29) is 0 Å². The van der Waals surface area contributed by atoms with Crippen LogP contribution in [-0.2, 0) is 0 Å². The lowest BCUT2D eigenvalue weighted by molar-refractivity contribution is 0.846. The van der Waals surface area contributed by atoms with Crippen molar-refractivity contribution < 1.29 is 0 Å². The van der Waals surface area contributed by atoms with Crippen molar-refractivity contribution in [2.24, 2.45) is 0 Å². The Bertz CT molecular complexity index is 492. The molecular formula is C13H16N2. The van der Waals surface area contributed by atoms with Crippen LogP contribution in [0.2, 0.25) is 0 Å². The van der Waals surface area contributed by atoms with Gasteiger partial charge in [0.15, 0.2) is 0 Å². The third-order valence-electron chi connectivity index (χ3n) is 3.22. The highest BCUT2D eigenvalue weighted by molar-refractivity contribution is 5.43. The van der Waals surface area contributed by atoms with Gasteiger partial charge in [-0.25, -0.2) is 4.98 Å². The third-order valence-corrected chi connectivity index (χ3v) is 3.22. The van der Waals surface area contributed by atoms with Gasteiger partial charge in [-0.05, 0) is 30.4 Å².